The molecule has 0 aliphatic rings. The second-order valence-electron chi connectivity index (χ2n) is 3.94. The molecule has 0 atom stereocenters. The summed E-state index contributed by atoms with van der Waals surface area (Å²) in [5.74, 6) is -0.436. The second-order valence-corrected chi connectivity index (χ2v) is 3.94. The van der Waals surface area contributed by atoms with Gasteiger partial charge in [0.2, 0.25) is 0 Å². The Morgan fingerprint density at radius 3 is 2.59 bits per heavy atom. The van der Waals surface area contributed by atoms with E-state index in [2.05, 4.69) is 0 Å². The van der Waals surface area contributed by atoms with Gasteiger partial charge in [0.1, 0.15) is 29.8 Å². The number of ether oxygens (including phenoxy) is 1. The van der Waals surface area contributed by atoms with E-state index in [1.807, 2.05) is 13.8 Å². The van der Waals surface area contributed by atoms with Crippen LogP contribution in [0.2, 0.25) is 0 Å². The standard InChI is InChI=1S/C13H16FNO2/c1-3-13(16,4-2)9-17-12-7-5-6-11(14)10(12)8-15/h5-7,16H,3-4,9H2,1-2H3. The highest BCUT2D eigenvalue weighted by atomic mass is 19.1. The summed E-state index contributed by atoms with van der Waals surface area (Å²) in [7, 11) is 0. The van der Waals surface area contributed by atoms with Gasteiger partial charge >= 0.3 is 0 Å². The predicted octanol–water partition coefficient (Wildman–Crippen LogP) is 2.63. The number of aliphatic hydroxyl groups is 1. The molecule has 0 unspecified atom stereocenters. The van der Waals surface area contributed by atoms with Gasteiger partial charge < -0.3 is 9.84 Å². The Balaban J connectivity index is 2.83. The van der Waals surface area contributed by atoms with E-state index in [-0.39, 0.29) is 17.9 Å². The lowest BCUT2D eigenvalue weighted by Gasteiger charge is -2.25. The van der Waals surface area contributed by atoms with Gasteiger partial charge in [-0.15, -0.1) is 0 Å². The first kappa shape index (κ1) is 13.5. The lowest BCUT2D eigenvalue weighted by Crippen LogP contribution is -2.34. The average Bonchev–Trinajstić information content (AvgIpc) is 2.36. The minimum absolute atomic E-state index is 0.0537. The highest BCUT2D eigenvalue weighted by Gasteiger charge is 2.23. The number of nitriles is 1. The Morgan fingerprint density at radius 1 is 1.41 bits per heavy atom. The van der Waals surface area contributed by atoms with E-state index in [0.29, 0.717) is 12.8 Å². The maximum absolute atomic E-state index is 13.3. The van der Waals surface area contributed by atoms with Gasteiger partial charge in [0, 0.05) is 0 Å². The highest BCUT2D eigenvalue weighted by Crippen LogP contribution is 2.23. The maximum atomic E-state index is 13.3. The zero-order valence-electron chi connectivity index (χ0n) is 10.0. The van der Waals surface area contributed by atoms with Gasteiger partial charge in [0.05, 0.1) is 5.60 Å². The van der Waals surface area contributed by atoms with Crippen LogP contribution in [0, 0.1) is 17.1 Å². The smallest absolute Gasteiger partial charge is 0.144 e. The summed E-state index contributed by atoms with van der Waals surface area (Å²) >= 11 is 0. The van der Waals surface area contributed by atoms with Gasteiger partial charge in [-0.3, -0.25) is 0 Å². The first-order valence-corrected chi connectivity index (χ1v) is 5.60. The molecule has 4 heteroatoms. The molecule has 0 spiro atoms. The van der Waals surface area contributed by atoms with Crippen molar-refractivity contribution in [1.82, 2.24) is 0 Å². The molecule has 1 rings (SSSR count). The molecule has 0 aliphatic heterocycles. The Morgan fingerprint density at radius 2 is 2.06 bits per heavy atom. The first-order chi connectivity index (χ1) is 8.06. The summed E-state index contributed by atoms with van der Waals surface area (Å²) in [6, 6.07) is 5.96. The van der Waals surface area contributed by atoms with Crippen LogP contribution in [0.1, 0.15) is 32.3 Å². The average molecular weight is 237 g/mol. The molecule has 0 bridgehead atoms. The van der Waals surface area contributed by atoms with Crippen LogP contribution in [0.4, 0.5) is 4.39 Å². The topological polar surface area (TPSA) is 53.2 Å². The van der Waals surface area contributed by atoms with Gasteiger partial charge in [-0.25, -0.2) is 4.39 Å². The molecule has 1 N–H and O–H groups in total. The van der Waals surface area contributed by atoms with Gasteiger partial charge in [0.15, 0.2) is 0 Å². The van der Waals surface area contributed by atoms with Gasteiger partial charge in [0.25, 0.3) is 0 Å². The molecular formula is C13H16FNO2. The number of hydrogen-bond acceptors (Lipinski definition) is 3. The van der Waals surface area contributed by atoms with Gasteiger partial charge in [-0.1, -0.05) is 19.9 Å². The quantitative estimate of drug-likeness (QED) is 0.856. The molecular weight excluding hydrogens is 221 g/mol. The number of nitrogens with zero attached hydrogens (tertiary/aromatic N) is 1. The first-order valence-electron chi connectivity index (χ1n) is 5.60. The summed E-state index contributed by atoms with van der Waals surface area (Å²) in [6.07, 6.45) is 1.08. The van der Waals surface area contributed by atoms with Crippen molar-refractivity contribution in [2.45, 2.75) is 32.3 Å². The SMILES string of the molecule is CCC(O)(CC)COc1cccc(F)c1C#N. The molecule has 17 heavy (non-hydrogen) atoms. The summed E-state index contributed by atoms with van der Waals surface area (Å²) in [5.41, 5.74) is -1.05. The monoisotopic (exact) mass is 237 g/mol. The van der Waals surface area contributed by atoms with Crippen LogP contribution < -0.4 is 4.74 Å². The lowest BCUT2D eigenvalue weighted by atomic mass is 9.99. The van der Waals surface area contributed by atoms with Crippen molar-refractivity contribution in [2.24, 2.45) is 0 Å². The molecule has 0 saturated carbocycles. The third-order valence-corrected chi connectivity index (χ3v) is 2.90. The molecule has 0 aromatic heterocycles. The normalized spacial score (nSPS) is 11.0. The molecule has 0 heterocycles. The van der Waals surface area contributed by atoms with Crippen LogP contribution in [-0.2, 0) is 0 Å². The van der Waals surface area contributed by atoms with Crippen molar-refractivity contribution in [3.63, 3.8) is 0 Å². The van der Waals surface area contributed by atoms with Crippen LogP contribution >= 0.6 is 0 Å². The largest absolute Gasteiger partial charge is 0.489 e. The minimum Gasteiger partial charge on any atom is -0.489 e. The zero-order chi connectivity index (χ0) is 12.9. The zero-order valence-corrected chi connectivity index (χ0v) is 10.0. The van der Waals surface area contributed by atoms with Crippen molar-refractivity contribution < 1.29 is 14.2 Å². The summed E-state index contributed by atoms with van der Waals surface area (Å²) < 4.78 is 18.6. The van der Waals surface area contributed by atoms with Crippen LogP contribution in [0.3, 0.4) is 0 Å². The molecule has 1 aromatic rings. The molecule has 0 amide bonds. The Bertz CT molecular complexity index is 422. The Labute approximate surface area is 100 Å². The fourth-order valence-electron chi connectivity index (χ4n) is 1.40. The van der Waals surface area contributed by atoms with E-state index in [4.69, 9.17) is 10.00 Å². The minimum atomic E-state index is -0.932. The van der Waals surface area contributed by atoms with E-state index >= 15 is 0 Å². The van der Waals surface area contributed by atoms with Crippen molar-refractivity contribution in [1.29, 1.82) is 5.26 Å². The van der Waals surface area contributed by atoms with E-state index in [1.165, 1.54) is 18.2 Å². The number of rotatable bonds is 5. The Kier molecular flexibility index (Phi) is 4.47. The molecule has 3 nitrogen and oxygen atoms in total. The number of benzene rings is 1. The molecule has 1 aromatic carbocycles. The summed E-state index contributed by atoms with van der Waals surface area (Å²) in [5, 5.41) is 18.8. The van der Waals surface area contributed by atoms with Crippen LogP contribution in [0.15, 0.2) is 18.2 Å². The van der Waals surface area contributed by atoms with Crippen LogP contribution in [0.25, 0.3) is 0 Å². The summed E-state index contributed by atoms with van der Waals surface area (Å²) in [4.78, 5) is 0. The Hall–Kier alpha value is -1.60. The lowest BCUT2D eigenvalue weighted by molar-refractivity contribution is -0.0115. The van der Waals surface area contributed by atoms with E-state index in [0.717, 1.165) is 0 Å². The summed E-state index contributed by atoms with van der Waals surface area (Å²) in [6.45, 7) is 3.76. The number of halogens is 1. The van der Waals surface area contributed by atoms with Crippen molar-refractivity contribution in [3.8, 4) is 11.8 Å². The molecule has 0 saturated heterocycles. The number of hydrogen-bond donors (Lipinski definition) is 1. The highest BCUT2D eigenvalue weighted by molar-refractivity contribution is 5.43. The van der Waals surface area contributed by atoms with Gasteiger partial charge in [-0.05, 0) is 25.0 Å². The van der Waals surface area contributed by atoms with E-state index in [1.54, 1.807) is 6.07 Å². The molecule has 92 valence electrons. The molecule has 0 aliphatic carbocycles. The van der Waals surface area contributed by atoms with Gasteiger partial charge in [-0.2, -0.15) is 5.26 Å². The molecule has 0 radical (unpaired) electrons. The molecule has 0 fully saturated rings. The third kappa shape index (κ3) is 3.18. The van der Waals surface area contributed by atoms with Crippen molar-refractivity contribution >= 4 is 0 Å². The van der Waals surface area contributed by atoms with Crippen molar-refractivity contribution in [3.05, 3.63) is 29.6 Å². The third-order valence-electron chi connectivity index (χ3n) is 2.90. The van der Waals surface area contributed by atoms with E-state index in [9.17, 15) is 9.50 Å². The fourth-order valence-corrected chi connectivity index (χ4v) is 1.40. The fraction of sp³-hybridized carbons (Fsp3) is 0.462. The van der Waals surface area contributed by atoms with Crippen molar-refractivity contribution in [2.75, 3.05) is 6.61 Å². The predicted molar refractivity (Wildman–Crippen MR) is 62.1 cm³/mol. The van der Waals surface area contributed by atoms with Crippen LogP contribution in [0.5, 0.6) is 5.75 Å². The van der Waals surface area contributed by atoms with Crippen LogP contribution in [-0.4, -0.2) is 17.3 Å². The maximum Gasteiger partial charge on any atom is 0.144 e. The second kappa shape index (κ2) is 5.65. The van der Waals surface area contributed by atoms with E-state index < -0.39 is 11.4 Å².